The van der Waals surface area contributed by atoms with Crippen molar-refractivity contribution in [1.29, 1.82) is 0 Å². The van der Waals surface area contributed by atoms with Crippen LogP contribution >= 0.6 is 39.0 Å². The molecule has 4 nitrogen and oxygen atoms in total. The maximum atomic E-state index is 11.8. The van der Waals surface area contributed by atoms with Gasteiger partial charge >= 0.3 is 6.09 Å². The third kappa shape index (κ3) is 5.60. The number of carbonyl (C=O) groups excluding carboxylic acids is 1. The first-order valence-electron chi connectivity index (χ1n) is 10.9. The molecule has 162 valence electrons. The highest BCUT2D eigenvalue weighted by Gasteiger charge is 2.27. The second kappa shape index (κ2) is 10.0. The van der Waals surface area contributed by atoms with E-state index in [0.717, 1.165) is 35.4 Å². The maximum Gasteiger partial charge on any atom is 0.407 e. The van der Waals surface area contributed by atoms with Crippen molar-refractivity contribution in [2.75, 3.05) is 0 Å². The van der Waals surface area contributed by atoms with Crippen LogP contribution in [0.4, 0.5) is 4.79 Å². The molecular formula is C23H29BrN2O2S2. The van der Waals surface area contributed by atoms with Gasteiger partial charge in [-0.1, -0.05) is 28.4 Å². The molecule has 1 aromatic heterocycles. The summed E-state index contributed by atoms with van der Waals surface area (Å²) in [6.07, 6.45) is 9.77. The van der Waals surface area contributed by atoms with Crippen LogP contribution in [-0.4, -0.2) is 28.5 Å². The lowest BCUT2D eigenvalue weighted by molar-refractivity contribution is 0.109. The van der Waals surface area contributed by atoms with Crippen LogP contribution in [0, 0.1) is 0 Å². The molecule has 4 rings (SSSR count). The van der Waals surface area contributed by atoms with E-state index in [0.29, 0.717) is 5.92 Å². The molecule has 0 spiro atoms. The number of ether oxygens (including phenoxy) is 1. The SMILES string of the molecule is CC(C)OC(=O)NC1CCC(c2ncc(-c3ccc(Br)cc3SC3CCC3)s2)CC1. The standard InChI is InChI=1S/C23H29BrN2O2S2/c1-14(2)28-23(27)26-17-9-6-15(7-10-17)22-25-13-21(30-22)19-11-8-16(24)12-20(19)29-18-4-3-5-18/h8,11-15,17-18H,3-7,9-10H2,1-2H3,(H,26,27). The second-order valence-electron chi connectivity index (χ2n) is 8.52. The van der Waals surface area contributed by atoms with E-state index < -0.39 is 0 Å². The summed E-state index contributed by atoms with van der Waals surface area (Å²) in [4.78, 5) is 19.3. The monoisotopic (exact) mass is 508 g/mol. The molecule has 7 heteroatoms. The van der Waals surface area contributed by atoms with Crippen molar-refractivity contribution >= 4 is 45.1 Å². The van der Waals surface area contributed by atoms with Crippen molar-refractivity contribution < 1.29 is 9.53 Å². The molecule has 0 bridgehead atoms. The van der Waals surface area contributed by atoms with Gasteiger partial charge in [-0.25, -0.2) is 9.78 Å². The fourth-order valence-corrected chi connectivity index (χ4v) is 7.10. The first kappa shape index (κ1) is 22.2. The van der Waals surface area contributed by atoms with Crippen LogP contribution in [0.15, 0.2) is 33.8 Å². The summed E-state index contributed by atoms with van der Waals surface area (Å²) in [5, 5.41) is 5.00. The summed E-state index contributed by atoms with van der Waals surface area (Å²) >= 11 is 7.49. The van der Waals surface area contributed by atoms with Crippen molar-refractivity contribution in [2.24, 2.45) is 0 Å². The Kier molecular flexibility index (Phi) is 7.42. The van der Waals surface area contributed by atoms with E-state index in [4.69, 9.17) is 9.72 Å². The van der Waals surface area contributed by atoms with Gasteiger partial charge in [0.05, 0.1) is 16.0 Å². The smallest absolute Gasteiger partial charge is 0.407 e. The van der Waals surface area contributed by atoms with Gasteiger partial charge in [-0.2, -0.15) is 0 Å². The number of thiazole rings is 1. The van der Waals surface area contributed by atoms with Crippen molar-refractivity contribution in [3.05, 3.63) is 33.9 Å². The van der Waals surface area contributed by atoms with E-state index in [1.54, 1.807) is 0 Å². The fourth-order valence-electron chi connectivity index (χ4n) is 3.97. The Morgan fingerprint density at radius 2 is 2.00 bits per heavy atom. The highest BCUT2D eigenvalue weighted by molar-refractivity contribution is 9.10. The van der Waals surface area contributed by atoms with Crippen LogP contribution in [0.25, 0.3) is 10.4 Å². The van der Waals surface area contributed by atoms with E-state index in [9.17, 15) is 4.79 Å². The number of thioether (sulfide) groups is 1. The molecule has 2 aliphatic rings. The molecule has 0 aliphatic heterocycles. The summed E-state index contributed by atoms with van der Waals surface area (Å²) in [5.41, 5.74) is 1.31. The quantitative estimate of drug-likeness (QED) is 0.442. The normalized spacial score (nSPS) is 22.0. The van der Waals surface area contributed by atoms with Gasteiger partial charge in [0, 0.05) is 38.3 Å². The third-order valence-corrected chi connectivity index (χ3v) is 8.90. The van der Waals surface area contributed by atoms with Gasteiger partial charge in [0.2, 0.25) is 0 Å². The van der Waals surface area contributed by atoms with Crippen LogP contribution in [0.3, 0.4) is 0 Å². The third-order valence-electron chi connectivity index (χ3n) is 5.82. The lowest BCUT2D eigenvalue weighted by atomic mass is 9.86. The average Bonchev–Trinajstić information content (AvgIpc) is 3.14. The second-order valence-corrected chi connectivity index (χ2v) is 11.8. The minimum absolute atomic E-state index is 0.0824. The molecule has 0 radical (unpaired) electrons. The molecule has 30 heavy (non-hydrogen) atoms. The van der Waals surface area contributed by atoms with Crippen molar-refractivity contribution in [3.63, 3.8) is 0 Å². The number of aromatic nitrogens is 1. The maximum absolute atomic E-state index is 11.8. The van der Waals surface area contributed by atoms with E-state index in [-0.39, 0.29) is 18.2 Å². The molecule has 2 aromatic rings. The first-order chi connectivity index (χ1) is 14.5. The van der Waals surface area contributed by atoms with Crippen molar-refractivity contribution in [1.82, 2.24) is 10.3 Å². The number of rotatable bonds is 6. The molecule has 1 aromatic carbocycles. The molecular weight excluding hydrogens is 480 g/mol. The number of benzene rings is 1. The number of carbonyl (C=O) groups is 1. The van der Waals surface area contributed by atoms with Gasteiger partial charge in [0.15, 0.2) is 0 Å². The topological polar surface area (TPSA) is 51.2 Å². The van der Waals surface area contributed by atoms with E-state index in [2.05, 4.69) is 45.6 Å². The molecule has 1 amide bonds. The molecule has 2 aliphatic carbocycles. The first-order valence-corrected chi connectivity index (χ1v) is 13.4. The Morgan fingerprint density at radius 1 is 1.23 bits per heavy atom. The molecule has 2 saturated carbocycles. The number of nitrogens with zero attached hydrogens (tertiary/aromatic N) is 1. The number of nitrogens with one attached hydrogen (secondary N) is 1. The van der Waals surface area contributed by atoms with Crippen LogP contribution in [0.5, 0.6) is 0 Å². The number of halogens is 1. The Morgan fingerprint density at radius 3 is 2.67 bits per heavy atom. The largest absolute Gasteiger partial charge is 0.447 e. The molecule has 0 unspecified atom stereocenters. The Labute approximate surface area is 195 Å². The van der Waals surface area contributed by atoms with Gasteiger partial charge < -0.3 is 10.1 Å². The van der Waals surface area contributed by atoms with Crippen molar-refractivity contribution in [2.45, 2.75) is 87.0 Å². The molecule has 0 atom stereocenters. The summed E-state index contributed by atoms with van der Waals surface area (Å²) in [6.45, 7) is 3.75. The molecule has 1 heterocycles. The average molecular weight is 510 g/mol. The molecule has 0 saturated heterocycles. The van der Waals surface area contributed by atoms with Crippen LogP contribution in [0.2, 0.25) is 0 Å². The van der Waals surface area contributed by atoms with E-state index in [1.165, 1.54) is 39.6 Å². The lowest BCUT2D eigenvalue weighted by Gasteiger charge is -2.28. The van der Waals surface area contributed by atoms with Crippen LogP contribution in [-0.2, 0) is 4.74 Å². The number of amides is 1. The van der Waals surface area contributed by atoms with Crippen molar-refractivity contribution in [3.8, 4) is 10.4 Å². The fraction of sp³-hybridized carbons (Fsp3) is 0.565. The summed E-state index contributed by atoms with van der Waals surface area (Å²) in [7, 11) is 0. The number of hydrogen-bond acceptors (Lipinski definition) is 5. The lowest BCUT2D eigenvalue weighted by Crippen LogP contribution is -2.38. The van der Waals surface area contributed by atoms with Gasteiger partial charge in [-0.15, -0.1) is 23.1 Å². The highest BCUT2D eigenvalue weighted by atomic mass is 79.9. The van der Waals surface area contributed by atoms with Gasteiger partial charge in [-0.3, -0.25) is 0 Å². The summed E-state index contributed by atoms with van der Waals surface area (Å²) in [5.74, 6) is 0.487. The number of hydrogen-bond donors (Lipinski definition) is 1. The van der Waals surface area contributed by atoms with Gasteiger partial charge in [0.1, 0.15) is 0 Å². The Bertz CT molecular complexity index is 874. The minimum atomic E-state index is -0.295. The Balaban J connectivity index is 1.39. The van der Waals surface area contributed by atoms with Gasteiger partial charge in [-0.05, 0) is 64.5 Å². The number of alkyl carbamates (subject to hydrolysis) is 1. The summed E-state index contributed by atoms with van der Waals surface area (Å²) < 4.78 is 6.35. The van der Waals surface area contributed by atoms with Crippen LogP contribution < -0.4 is 5.32 Å². The minimum Gasteiger partial charge on any atom is -0.447 e. The molecule has 1 N–H and O–H groups in total. The zero-order valence-electron chi connectivity index (χ0n) is 17.5. The predicted octanol–water partition coefficient (Wildman–Crippen LogP) is 7.38. The van der Waals surface area contributed by atoms with Gasteiger partial charge in [0.25, 0.3) is 0 Å². The summed E-state index contributed by atoms with van der Waals surface area (Å²) in [6, 6.07) is 6.82. The van der Waals surface area contributed by atoms with E-state index in [1.807, 2.05) is 36.9 Å². The van der Waals surface area contributed by atoms with E-state index >= 15 is 0 Å². The highest BCUT2D eigenvalue weighted by Crippen LogP contribution is 2.44. The zero-order valence-corrected chi connectivity index (χ0v) is 20.7. The predicted molar refractivity (Wildman–Crippen MR) is 128 cm³/mol. The Hall–Kier alpha value is -1.05. The van der Waals surface area contributed by atoms with Crippen LogP contribution in [0.1, 0.15) is 69.7 Å². The molecule has 2 fully saturated rings. The zero-order chi connectivity index (χ0) is 21.1.